The molecule has 2 rings (SSSR count). The van der Waals surface area contributed by atoms with Gasteiger partial charge in [-0.05, 0) is 6.54 Å². The highest BCUT2D eigenvalue weighted by Gasteiger charge is 2.01. The number of aromatic nitrogens is 2. The van der Waals surface area contributed by atoms with Crippen LogP contribution < -0.4 is 5.32 Å². The van der Waals surface area contributed by atoms with Crippen LogP contribution in [0, 0.1) is 0 Å². The summed E-state index contributed by atoms with van der Waals surface area (Å²) in [5, 5.41) is 3.26. The zero-order valence-electron chi connectivity index (χ0n) is 8.83. The molecule has 0 fully saturated rings. The summed E-state index contributed by atoms with van der Waals surface area (Å²) in [6, 6.07) is 10.1. The Labute approximate surface area is 89.6 Å². The molecule has 0 aliphatic rings. The molecule has 3 nitrogen and oxygen atoms in total. The van der Waals surface area contributed by atoms with Gasteiger partial charge in [0.05, 0.1) is 0 Å². The van der Waals surface area contributed by atoms with E-state index < -0.39 is 0 Å². The summed E-state index contributed by atoms with van der Waals surface area (Å²) in [5.41, 5.74) is 2.25. The minimum atomic E-state index is 0.844. The first-order valence-corrected chi connectivity index (χ1v) is 5.20. The normalized spacial score (nSPS) is 10.5. The molecule has 0 unspecified atom stereocenters. The standard InChI is InChI=1S/C12H15N3/c1-2-13-8-11-9-14-12(15-11)10-6-4-3-5-7-10/h3-7,9,13H,2,8H2,1H3,(H,14,15). The summed E-state index contributed by atoms with van der Waals surface area (Å²) in [4.78, 5) is 7.63. The molecule has 0 aliphatic heterocycles. The fourth-order valence-electron chi connectivity index (χ4n) is 1.45. The average Bonchev–Trinajstić information content (AvgIpc) is 2.76. The van der Waals surface area contributed by atoms with E-state index in [1.807, 2.05) is 24.4 Å². The van der Waals surface area contributed by atoms with Crippen molar-refractivity contribution in [2.45, 2.75) is 13.5 Å². The predicted octanol–water partition coefficient (Wildman–Crippen LogP) is 2.19. The van der Waals surface area contributed by atoms with Crippen molar-refractivity contribution in [2.75, 3.05) is 6.54 Å². The number of aromatic amines is 1. The van der Waals surface area contributed by atoms with Gasteiger partial charge in [0.1, 0.15) is 5.82 Å². The molecule has 3 heteroatoms. The Morgan fingerprint density at radius 2 is 2.07 bits per heavy atom. The molecular weight excluding hydrogens is 186 g/mol. The molecule has 2 aromatic rings. The van der Waals surface area contributed by atoms with Crippen molar-refractivity contribution in [3.05, 3.63) is 42.2 Å². The topological polar surface area (TPSA) is 40.7 Å². The third-order valence-electron chi connectivity index (χ3n) is 2.24. The first-order valence-electron chi connectivity index (χ1n) is 5.20. The smallest absolute Gasteiger partial charge is 0.137 e. The molecule has 0 saturated heterocycles. The Morgan fingerprint density at radius 3 is 2.80 bits per heavy atom. The van der Waals surface area contributed by atoms with Crippen LogP contribution >= 0.6 is 0 Å². The third kappa shape index (κ3) is 2.44. The molecular formula is C12H15N3. The lowest BCUT2D eigenvalue weighted by atomic mass is 10.2. The van der Waals surface area contributed by atoms with E-state index in [0.717, 1.165) is 30.2 Å². The van der Waals surface area contributed by atoms with Crippen LogP contribution in [0.3, 0.4) is 0 Å². The number of hydrogen-bond donors (Lipinski definition) is 2. The van der Waals surface area contributed by atoms with Gasteiger partial charge in [0.15, 0.2) is 0 Å². The number of hydrogen-bond acceptors (Lipinski definition) is 2. The maximum absolute atomic E-state index is 4.34. The van der Waals surface area contributed by atoms with E-state index in [1.165, 1.54) is 0 Å². The SMILES string of the molecule is CCNCc1cnc(-c2ccccc2)[nH]1. The van der Waals surface area contributed by atoms with Crippen molar-refractivity contribution in [1.29, 1.82) is 0 Å². The average molecular weight is 201 g/mol. The largest absolute Gasteiger partial charge is 0.341 e. The van der Waals surface area contributed by atoms with Crippen molar-refractivity contribution in [3.8, 4) is 11.4 Å². The summed E-state index contributed by atoms with van der Waals surface area (Å²) in [6.07, 6.45) is 1.88. The molecule has 1 aromatic heterocycles. The van der Waals surface area contributed by atoms with Crippen molar-refractivity contribution < 1.29 is 0 Å². The van der Waals surface area contributed by atoms with Crippen molar-refractivity contribution in [2.24, 2.45) is 0 Å². The van der Waals surface area contributed by atoms with Gasteiger partial charge in [-0.1, -0.05) is 37.3 Å². The highest BCUT2D eigenvalue weighted by molar-refractivity contribution is 5.54. The van der Waals surface area contributed by atoms with E-state index in [-0.39, 0.29) is 0 Å². The fraction of sp³-hybridized carbons (Fsp3) is 0.250. The zero-order chi connectivity index (χ0) is 10.5. The lowest BCUT2D eigenvalue weighted by Gasteiger charge is -1.97. The number of H-pyrrole nitrogens is 1. The Kier molecular flexibility index (Phi) is 3.15. The molecule has 1 aromatic carbocycles. The summed E-state index contributed by atoms with van der Waals surface area (Å²) < 4.78 is 0. The van der Waals surface area contributed by atoms with Crippen molar-refractivity contribution in [1.82, 2.24) is 15.3 Å². The van der Waals surface area contributed by atoms with E-state index in [2.05, 4.69) is 34.3 Å². The molecule has 0 spiro atoms. The van der Waals surface area contributed by atoms with E-state index in [1.54, 1.807) is 0 Å². The van der Waals surface area contributed by atoms with Crippen LogP contribution in [0.1, 0.15) is 12.6 Å². The van der Waals surface area contributed by atoms with E-state index >= 15 is 0 Å². The number of nitrogens with zero attached hydrogens (tertiary/aromatic N) is 1. The van der Waals surface area contributed by atoms with Crippen LogP contribution in [0.2, 0.25) is 0 Å². The van der Waals surface area contributed by atoms with Crippen LogP contribution in [0.4, 0.5) is 0 Å². The van der Waals surface area contributed by atoms with Gasteiger partial charge in [-0.15, -0.1) is 0 Å². The van der Waals surface area contributed by atoms with E-state index in [4.69, 9.17) is 0 Å². The monoisotopic (exact) mass is 201 g/mol. The zero-order valence-corrected chi connectivity index (χ0v) is 8.83. The van der Waals surface area contributed by atoms with Gasteiger partial charge < -0.3 is 10.3 Å². The molecule has 15 heavy (non-hydrogen) atoms. The van der Waals surface area contributed by atoms with Gasteiger partial charge >= 0.3 is 0 Å². The predicted molar refractivity (Wildman–Crippen MR) is 61.4 cm³/mol. The highest BCUT2D eigenvalue weighted by Crippen LogP contribution is 2.14. The lowest BCUT2D eigenvalue weighted by molar-refractivity contribution is 0.714. The quantitative estimate of drug-likeness (QED) is 0.796. The third-order valence-corrected chi connectivity index (χ3v) is 2.24. The van der Waals surface area contributed by atoms with Gasteiger partial charge in [-0.2, -0.15) is 0 Å². The number of imidazole rings is 1. The van der Waals surface area contributed by atoms with Crippen LogP contribution in [-0.4, -0.2) is 16.5 Å². The summed E-state index contributed by atoms with van der Waals surface area (Å²) >= 11 is 0. The molecule has 78 valence electrons. The summed E-state index contributed by atoms with van der Waals surface area (Å²) in [6.45, 7) is 3.91. The molecule has 0 amide bonds. The van der Waals surface area contributed by atoms with Gasteiger partial charge in [-0.25, -0.2) is 4.98 Å². The highest BCUT2D eigenvalue weighted by atomic mass is 15.0. The van der Waals surface area contributed by atoms with E-state index in [0.29, 0.717) is 0 Å². The molecule has 0 bridgehead atoms. The van der Waals surface area contributed by atoms with Crippen LogP contribution in [0.25, 0.3) is 11.4 Å². The summed E-state index contributed by atoms with van der Waals surface area (Å²) in [7, 11) is 0. The number of nitrogens with one attached hydrogen (secondary N) is 2. The lowest BCUT2D eigenvalue weighted by Crippen LogP contribution is -2.11. The van der Waals surface area contributed by atoms with Crippen molar-refractivity contribution >= 4 is 0 Å². The second kappa shape index (κ2) is 4.75. The Bertz CT molecular complexity index is 406. The van der Waals surface area contributed by atoms with Crippen molar-refractivity contribution in [3.63, 3.8) is 0 Å². The Hall–Kier alpha value is -1.61. The van der Waals surface area contributed by atoms with Gasteiger partial charge in [-0.3, -0.25) is 0 Å². The molecule has 0 radical (unpaired) electrons. The molecule has 2 N–H and O–H groups in total. The maximum atomic E-state index is 4.34. The van der Waals surface area contributed by atoms with Crippen LogP contribution in [0.5, 0.6) is 0 Å². The van der Waals surface area contributed by atoms with Gasteiger partial charge in [0, 0.05) is 24.0 Å². The maximum Gasteiger partial charge on any atom is 0.137 e. The number of benzene rings is 1. The molecule has 0 aliphatic carbocycles. The van der Waals surface area contributed by atoms with Gasteiger partial charge in [0.2, 0.25) is 0 Å². The second-order valence-electron chi connectivity index (χ2n) is 3.40. The van der Waals surface area contributed by atoms with Gasteiger partial charge in [0.25, 0.3) is 0 Å². The Balaban J connectivity index is 2.14. The molecule has 0 atom stereocenters. The summed E-state index contributed by atoms with van der Waals surface area (Å²) in [5.74, 6) is 0.934. The first-order chi connectivity index (χ1) is 7.40. The van der Waals surface area contributed by atoms with Crippen LogP contribution in [0.15, 0.2) is 36.5 Å². The minimum Gasteiger partial charge on any atom is -0.341 e. The Morgan fingerprint density at radius 1 is 1.27 bits per heavy atom. The van der Waals surface area contributed by atoms with Crippen LogP contribution in [-0.2, 0) is 6.54 Å². The first kappa shape index (κ1) is 9.93. The fourth-order valence-corrected chi connectivity index (χ4v) is 1.45. The molecule has 0 saturated carbocycles. The van der Waals surface area contributed by atoms with E-state index in [9.17, 15) is 0 Å². The molecule has 1 heterocycles. The minimum absolute atomic E-state index is 0.844. The number of rotatable bonds is 4. The second-order valence-corrected chi connectivity index (χ2v) is 3.40.